The molecule has 2 aromatic rings. The monoisotopic (exact) mass is 392 g/mol. The SMILES string of the molecule is [C-]1=CCCC1.[Cl-].[Cl-].[Zr+4].[c-]1cccc2c1Cc1ccccc1-2. The van der Waals surface area contributed by atoms with Crippen LogP contribution in [0.4, 0.5) is 0 Å². The number of benzene rings is 2. The van der Waals surface area contributed by atoms with Gasteiger partial charge in [0.25, 0.3) is 0 Å². The van der Waals surface area contributed by atoms with Crippen molar-refractivity contribution in [3.63, 3.8) is 0 Å². The summed E-state index contributed by atoms with van der Waals surface area (Å²) in [7, 11) is 0. The third-order valence-corrected chi connectivity index (χ3v) is 3.43. The molecule has 21 heavy (non-hydrogen) atoms. The van der Waals surface area contributed by atoms with Crippen LogP contribution in [0.3, 0.4) is 0 Å². The van der Waals surface area contributed by atoms with Gasteiger partial charge in [0.1, 0.15) is 0 Å². The van der Waals surface area contributed by atoms with Crippen molar-refractivity contribution in [3.05, 3.63) is 71.8 Å². The van der Waals surface area contributed by atoms with Crippen molar-refractivity contribution in [2.75, 3.05) is 0 Å². The zero-order valence-electron chi connectivity index (χ0n) is 11.7. The van der Waals surface area contributed by atoms with Gasteiger partial charge in [-0.15, -0.1) is 5.56 Å². The summed E-state index contributed by atoms with van der Waals surface area (Å²) in [6, 6.07) is 18.1. The van der Waals surface area contributed by atoms with Crippen molar-refractivity contribution in [1.82, 2.24) is 0 Å². The summed E-state index contributed by atoms with van der Waals surface area (Å²) in [5.74, 6) is 0. The fourth-order valence-electron chi connectivity index (χ4n) is 2.51. The average molecular weight is 394 g/mol. The zero-order valence-corrected chi connectivity index (χ0v) is 15.7. The topological polar surface area (TPSA) is 0 Å². The van der Waals surface area contributed by atoms with Gasteiger partial charge >= 0.3 is 26.2 Å². The largest absolute Gasteiger partial charge is 4.00 e. The predicted molar refractivity (Wildman–Crippen MR) is 75.2 cm³/mol. The maximum absolute atomic E-state index is 3.30. The summed E-state index contributed by atoms with van der Waals surface area (Å²) in [5, 5.41) is 0. The maximum atomic E-state index is 3.30. The molecule has 0 spiro atoms. The summed E-state index contributed by atoms with van der Waals surface area (Å²) in [6.07, 6.45) is 10.0. The molecule has 0 amide bonds. The quantitative estimate of drug-likeness (QED) is 0.412. The summed E-state index contributed by atoms with van der Waals surface area (Å²) in [4.78, 5) is 0. The Morgan fingerprint density at radius 3 is 2.33 bits per heavy atom. The Morgan fingerprint density at radius 2 is 1.67 bits per heavy atom. The van der Waals surface area contributed by atoms with Crippen LogP contribution >= 0.6 is 0 Å². The molecule has 106 valence electrons. The third-order valence-electron chi connectivity index (χ3n) is 3.43. The van der Waals surface area contributed by atoms with E-state index in [1.165, 1.54) is 41.5 Å². The van der Waals surface area contributed by atoms with Crippen molar-refractivity contribution in [2.24, 2.45) is 0 Å². The first kappa shape index (κ1) is 20.6. The van der Waals surface area contributed by atoms with Gasteiger partial charge in [-0.1, -0.05) is 48.2 Å². The van der Waals surface area contributed by atoms with Crippen LogP contribution in [-0.4, -0.2) is 0 Å². The summed E-state index contributed by atoms with van der Waals surface area (Å²) in [6.45, 7) is 0. The van der Waals surface area contributed by atoms with Gasteiger partial charge in [-0.2, -0.15) is 36.2 Å². The molecule has 0 saturated heterocycles. The van der Waals surface area contributed by atoms with Gasteiger partial charge in [-0.25, -0.2) is 0 Å². The first-order chi connectivity index (χ1) is 8.95. The van der Waals surface area contributed by atoms with E-state index in [4.69, 9.17) is 0 Å². The predicted octanol–water partition coefficient (Wildman–Crippen LogP) is -1.41. The van der Waals surface area contributed by atoms with Gasteiger partial charge in [0, 0.05) is 0 Å². The van der Waals surface area contributed by atoms with E-state index in [1.54, 1.807) is 0 Å². The van der Waals surface area contributed by atoms with E-state index in [1.807, 2.05) is 6.07 Å². The fourth-order valence-corrected chi connectivity index (χ4v) is 2.51. The molecule has 0 aromatic heterocycles. The standard InChI is InChI=1S/C13H9.C5H7.2ClH.Zr/c1-3-7-12-10(5-1)9-11-6-2-4-8-13(11)12;1-2-4-5-3-1;;;/h1-5,7-8H,9H2;1H,2,4-5H2;2*1H;/q2*-1;;;+4/p-2. The molecule has 0 heterocycles. The second-order valence-electron chi connectivity index (χ2n) is 4.70. The van der Waals surface area contributed by atoms with E-state index in [9.17, 15) is 0 Å². The molecule has 2 aliphatic carbocycles. The minimum absolute atomic E-state index is 0. The molecule has 4 rings (SSSR count). The number of rotatable bonds is 0. The molecule has 0 saturated carbocycles. The molecule has 0 fully saturated rings. The van der Waals surface area contributed by atoms with Gasteiger partial charge in [0.05, 0.1) is 0 Å². The van der Waals surface area contributed by atoms with Crippen molar-refractivity contribution < 1.29 is 51.0 Å². The summed E-state index contributed by atoms with van der Waals surface area (Å²) < 4.78 is 0. The number of halogens is 2. The maximum Gasteiger partial charge on any atom is 4.00 e. The third kappa shape index (κ3) is 5.09. The summed E-state index contributed by atoms with van der Waals surface area (Å²) in [5.41, 5.74) is 5.51. The van der Waals surface area contributed by atoms with Crippen LogP contribution in [0.2, 0.25) is 0 Å². The molecule has 0 bridgehead atoms. The molecule has 3 heteroatoms. The van der Waals surface area contributed by atoms with Gasteiger partial charge in [-0.05, 0) is 6.42 Å². The molecule has 0 atom stereocenters. The fraction of sp³-hybridized carbons (Fsp3) is 0.222. The molecule has 0 N–H and O–H groups in total. The average Bonchev–Trinajstić information content (AvgIpc) is 3.10. The minimum Gasteiger partial charge on any atom is -1.00 e. The van der Waals surface area contributed by atoms with Crippen LogP contribution in [-0.2, 0) is 32.6 Å². The molecule has 2 aliphatic rings. The van der Waals surface area contributed by atoms with E-state index >= 15 is 0 Å². The van der Waals surface area contributed by atoms with E-state index < -0.39 is 0 Å². The number of allylic oxidation sites excluding steroid dienone is 2. The van der Waals surface area contributed by atoms with Crippen molar-refractivity contribution >= 4 is 0 Å². The minimum atomic E-state index is 0. The normalized spacial score (nSPS) is 12.6. The number of fused-ring (bicyclic) bond motifs is 3. The van der Waals surface area contributed by atoms with E-state index in [0.717, 1.165) is 6.42 Å². The Kier molecular flexibility index (Phi) is 10.2. The zero-order chi connectivity index (χ0) is 12.2. The Labute approximate surface area is 159 Å². The molecule has 0 radical (unpaired) electrons. The van der Waals surface area contributed by atoms with Crippen molar-refractivity contribution in [3.8, 4) is 11.1 Å². The Morgan fingerprint density at radius 1 is 0.905 bits per heavy atom. The van der Waals surface area contributed by atoms with Crippen LogP contribution in [0.25, 0.3) is 11.1 Å². The van der Waals surface area contributed by atoms with Gasteiger partial charge in [-0.3, -0.25) is 6.08 Å². The van der Waals surface area contributed by atoms with E-state index in [-0.39, 0.29) is 51.0 Å². The second-order valence-corrected chi connectivity index (χ2v) is 4.70. The Balaban J connectivity index is 0.000000437. The molecule has 0 unspecified atom stereocenters. The first-order valence-corrected chi connectivity index (χ1v) is 6.58. The Bertz CT molecular complexity index is 529. The van der Waals surface area contributed by atoms with Crippen LogP contribution in [0.15, 0.2) is 48.5 Å². The van der Waals surface area contributed by atoms with E-state index in [2.05, 4.69) is 54.6 Å². The van der Waals surface area contributed by atoms with Crippen LogP contribution in [0.5, 0.6) is 0 Å². The van der Waals surface area contributed by atoms with Crippen LogP contribution in [0.1, 0.15) is 30.4 Å². The van der Waals surface area contributed by atoms with Gasteiger partial charge < -0.3 is 30.9 Å². The van der Waals surface area contributed by atoms with Crippen LogP contribution < -0.4 is 24.8 Å². The summed E-state index contributed by atoms with van der Waals surface area (Å²) >= 11 is 0. The first-order valence-electron chi connectivity index (χ1n) is 6.58. The molecule has 0 nitrogen and oxygen atoms in total. The number of hydrogen-bond acceptors (Lipinski definition) is 0. The molecular weight excluding hydrogens is 378 g/mol. The molecule has 0 aliphatic heterocycles. The second kappa shape index (κ2) is 10.4. The Hall–Kier alpha value is -0.357. The molecular formula is C18H16Cl2Zr. The number of hydrogen-bond donors (Lipinski definition) is 0. The van der Waals surface area contributed by atoms with Gasteiger partial charge in [0.15, 0.2) is 0 Å². The molecule has 2 aromatic carbocycles. The van der Waals surface area contributed by atoms with Gasteiger partial charge in [0.2, 0.25) is 0 Å². The van der Waals surface area contributed by atoms with Crippen molar-refractivity contribution in [1.29, 1.82) is 0 Å². The van der Waals surface area contributed by atoms with E-state index in [0.29, 0.717) is 0 Å². The smallest absolute Gasteiger partial charge is 1.00 e. The van der Waals surface area contributed by atoms with Crippen molar-refractivity contribution in [2.45, 2.75) is 25.7 Å². The van der Waals surface area contributed by atoms with Crippen LogP contribution in [0, 0.1) is 12.1 Å².